The third-order valence-electron chi connectivity index (χ3n) is 4.55. The number of nitrogens with zero attached hydrogens (tertiary/aromatic N) is 1. The van der Waals surface area contributed by atoms with Gasteiger partial charge in [0.1, 0.15) is 0 Å². The first-order chi connectivity index (χ1) is 14.5. The van der Waals surface area contributed by atoms with E-state index >= 15 is 0 Å². The number of carbonyl (C=O) groups is 1. The van der Waals surface area contributed by atoms with Gasteiger partial charge in [0, 0.05) is 0 Å². The van der Waals surface area contributed by atoms with Crippen LogP contribution in [0.4, 0.5) is 0 Å². The van der Waals surface area contributed by atoms with Crippen molar-refractivity contribution in [2.75, 3.05) is 14.2 Å². The zero-order valence-electron chi connectivity index (χ0n) is 16.5. The first-order valence-electron chi connectivity index (χ1n) is 9.09. The number of aliphatic hydroxyl groups is 1. The second-order valence-electron chi connectivity index (χ2n) is 6.38. The molecule has 0 aromatic heterocycles. The highest BCUT2D eigenvalue weighted by molar-refractivity contribution is 14.1. The minimum absolute atomic E-state index is 0.449. The molecule has 0 aliphatic carbocycles. The molecule has 0 unspecified atom stereocenters. The van der Waals surface area contributed by atoms with Crippen LogP contribution in [0.2, 0.25) is 0 Å². The van der Waals surface area contributed by atoms with Crippen LogP contribution < -0.4 is 14.9 Å². The lowest BCUT2D eigenvalue weighted by atomic mass is 9.85. The van der Waals surface area contributed by atoms with Crippen LogP contribution in [0, 0.1) is 3.57 Å². The van der Waals surface area contributed by atoms with E-state index < -0.39 is 11.5 Å². The number of nitrogens with one attached hydrogen (secondary N) is 1. The third kappa shape index (κ3) is 4.47. The topological polar surface area (TPSA) is 80.2 Å². The first kappa shape index (κ1) is 21.8. The lowest BCUT2D eigenvalue weighted by Crippen LogP contribution is -2.43. The van der Waals surface area contributed by atoms with Gasteiger partial charge in [0.15, 0.2) is 17.1 Å². The van der Waals surface area contributed by atoms with E-state index in [1.807, 2.05) is 18.2 Å². The van der Waals surface area contributed by atoms with Crippen molar-refractivity contribution in [3.8, 4) is 11.5 Å². The molecule has 7 heteroatoms. The second kappa shape index (κ2) is 9.73. The van der Waals surface area contributed by atoms with Crippen molar-refractivity contribution >= 4 is 34.7 Å². The number of ether oxygens (including phenoxy) is 2. The molecule has 0 aliphatic rings. The van der Waals surface area contributed by atoms with Gasteiger partial charge in [-0.15, -0.1) is 0 Å². The largest absolute Gasteiger partial charge is 0.493 e. The maximum absolute atomic E-state index is 13.0. The van der Waals surface area contributed by atoms with E-state index in [1.54, 1.807) is 68.8 Å². The average Bonchev–Trinajstić information content (AvgIpc) is 2.79. The summed E-state index contributed by atoms with van der Waals surface area (Å²) in [6.45, 7) is 0. The van der Waals surface area contributed by atoms with E-state index in [0.29, 0.717) is 28.2 Å². The molecule has 3 aromatic carbocycles. The number of rotatable bonds is 7. The number of hydrazone groups is 1. The number of halogens is 1. The zero-order valence-corrected chi connectivity index (χ0v) is 18.7. The van der Waals surface area contributed by atoms with Gasteiger partial charge in [-0.25, -0.2) is 5.43 Å². The fourth-order valence-corrected chi connectivity index (χ4v) is 3.89. The highest BCUT2D eigenvalue weighted by atomic mass is 127. The molecule has 0 fully saturated rings. The van der Waals surface area contributed by atoms with Crippen LogP contribution in [0.15, 0.2) is 77.9 Å². The monoisotopic (exact) mass is 516 g/mol. The first-order valence-corrected chi connectivity index (χ1v) is 10.2. The van der Waals surface area contributed by atoms with Gasteiger partial charge in [-0.2, -0.15) is 5.10 Å². The quantitative estimate of drug-likeness (QED) is 0.285. The van der Waals surface area contributed by atoms with Crippen LogP contribution in [0.3, 0.4) is 0 Å². The van der Waals surface area contributed by atoms with Crippen molar-refractivity contribution in [2.24, 2.45) is 5.10 Å². The molecule has 0 spiro atoms. The van der Waals surface area contributed by atoms with E-state index in [1.165, 1.54) is 6.21 Å². The summed E-state index contributed by atoms with van der Waals surface area (Å²) < 4.78 is 11.5. The van der Waals surface area contributed by atoms with Crippen LogP contribution in [-0.4, -0.2) is 31.4 Å². The molecule has 1 amide bonds. The summed E-state index contributed by atoms with van der Waals surface area (Å²) in [6, 6.07) is 21.1. The van der Waals surface area contributed by atoms with Crippen LogP contribution in [0.1, 0.15) is 16.7 Å². The van der Waals surface area contributed by atoms with E-state index in [2.05, 4.69) is 33.1 Å². The van der Waals surface area contributed by atoms with E-state index in [4.69, 9.17) is 9.47 Å². The molecule has 0 heterocycles. The normalized spacial score (nSPS) is 11.3. The zero-order chi connectivity index (χ0) is 21.6. The van der Waals surface area contributed by atoms with Gasteiger partial charge in [-0.1, -0.05) is 60.7 Å². The Morgan fingerprint density at radius 1 is 1.00 bits per heavy atom. The van der Waals surface area contributed by atoms with Gasteiger partial charge in [0.2, 0.25) is 0 Å². The molecular weight excluding hydrogens is 495 g/mol. The molecule has 0 saturated carbocycles. The molecule has 2 N–H and O–H groups in total. The molecular formula is C23H21IN2O4. The number of hydrogen-bond donors (Lipinski definition) is 2. The Hall–Kier alpha value is -2.91. The molecule has 0 aliphatic heterocycles. The molecule has 30 heavy (non-hydrogen) atoms. The highest BCUT2D eigenvalue weighted by Crippen LogP contribution is 2.33. The second-order valence-corrected chi connectivity index (χ2v) is 7.54. The summed E-state index contributed by atoms with van der Waals surface area (Å²) in [5.41, 5.74) is 2.18. The molecule has 3 aromatic rings. The SMILES string of the molecule is COc1cc(/C=N\NC(=O)C(O)(c2ccccc2)c2ccccc2)cc(I)c1OC. The Bertz CT molecular complexity index is 1000. The van der Waals surface area contributed by atoms with Gasteiger partial charge in [0.05, 0.1) is 24.0 Å². The van der Waals surface area contributed by atoms with Gasteiger partial charge >= 0.3 is 0 Å². The van der Waals surface area contributed by atoms with Crippen molar-refractivity contribution in [1.82, 2.24) is 5.43 Å². The summed E-state index contributed by atoms with van der Waals surface area (Å²) in [5.74, 6) is 0.524. The lowest BCUT2D eigenvalue weighted by Gasteiger charge is -2.27. The molecule has 0 saturated heterocycles. The maximum Gasteiger partial charge on any atom is 0.281 e. The Balaban J connectivity index is 1.88. The van der Waals surface area contributed by atoms with Crippen molar-refractivity contribution in [3.63, 3.8) is 0 Å². The highest BCUT2D eigenvalue weighted by Gasteiger charge is 2.39. The molecule has 6 nitrogen and oxygen atoms in total. The minimum atomic E-state index is -1.88. The van der Waals surface area contributed by atoms with Gasteiger partial charge in [-0.05, 0) is 51.4 Å². The summed E-state index contributed by atoms with van der Waals surface area (Å²) in [5, 5.41) is 15.4. The van der Waals surface area contributed by atoms with Crippen molar-refractivity contribution in [3.05, 3.63) is 93.1 Å². The third-order valence-corrected chi connectivity index (χ3v) is 5.35. The fourth-order valence-electron chi connectivity index (χ4n) is 3.05. The van der Waals surface area contributed by atoms with Crippen LogP contribution in [0.5, 0.6) is 11.5 Å². The van der Waals surface area contributed by atoms with Gasteiger partial charge in [0.25, 0.3) is 5.91 Å². The fraction of sp³-hybridized carbons (Fsp3) is 0.130. The molecule has 0 atom stereocenters. The predicted molar refractivity (Wildman–Crippen MR) is 124 cm³/mol. The summed E-state index contributed by atoms with van der Waals surface area (Å²) in [4.78, 5) is 13.0. The Kier molecular flexibility index (Phi) is 7.07. The number of methoxy groups -OCH3 is 2. The standard InChI is InChI=1S/C23H21IN2O4/c1-29-20-14-16(13-19(24)21(20)30-2)15-25-26-22(27)23(28,17-9-5-3-6-10-17)18-11-7-4-8-12-18/h3-15,28H,1-2H3,(H,26,27)/b25-15-. The van der Waals surface area contributed by atoms with Crippen LogP contribution >= 0.6 is 22.6 Å². The Labute approximate surface area is 188 Å². The van der Waals surface area contributed by atoms with Crippen LogP contribution in [0.25, 0.3) is 0 Å². The van der Waals surface area contributed by atoms with Gasteiger partial charge in [-0.3, -0.25) is 4.79 Å². The van der Waals surface area contributed by atoms with E-state index in [-0.39, 0.29) is 0 Å². The Morgan fingerprint density at radius 3 is 2.07 bits per heavy atom. The van der Waals surface area contributed by atoms with E-state index in [9.17, 15) is 9.90 Å². The lowest BCUT2D eigenvalue weighted by molar-refractivity contribution is -0.136. The number of carbonyl (C=O) groups excluding carboxylic acids is 1. The van der Waals surface area contributed by atoms with Crippen molar-refractivity contribution in [1.29, 1.82) is 0 Å². The number of hydrogen-bond acceptors (Lipinski definition) is 5. The summed E-state index contributed by atoms with van der Waals surface area (Å²) in [6.07, 6.45) is 1.48. The molecule has 0 radical (unpaired) electrons. The smallest absolute Gasteiger partial charge is 0.281 e. The minimum Gasteiger partial charge on any atom is -0.493 e. The van der Waals surface area contributed by atoms with Crippen molar-refractivity contribution in [2.45, 2.75) is 5.60 Å². The Morgan fingerprint density at radius 2 is 1.57 bits per heavy atom. The molecule has 154 valence electrons. The number of amides is 1. The summed E-state index contributed by atoms with van der Waals surface area (Å²) in [7, 11) is 3.12. The number of benzene rings is 3. The maximum atomic E-state index is 13.0. The van der Waals surface area contributed by atoms with Gasteiger partial charge < -0.3 is 14.6 Å². The average molecular weight is 516 g/mol. The predicted octanol–water partition coefficient (Wildman–Crippen LogP) is 3.69. The summed E-state index contributed by atoms with van der Waals surface area (Å²) >= 11 is 2.13. The van der Waals surface area contributed by atoms with Crippen molar-refractivity contribution < 1.29 is 19.4 Å². The van der Waals surface area contributed by atoms with E-state index in [0.717, 1.165) is 3.57 Å². The molecule has 0 bridgehead atoms. The van der Waals surface area contributed by atoms with Crippen LogP contribution in [-0.2, 0) is 10.4 Å². The molecule has 3 rings (SSSR count).